The second kappa shape index (κ2) is 11.0. The summed E-state index contributed by atoms with van der Waals surface area (Å²) >= 11 is 0. The molecule has 10 nitrogen and oxygen atoms in total. The van der Waals surface area contributed by atoms with Crippen molar-refractivity contribution in [1.29, 1.82) is 0 Å². The number of aromatic nitrogens is 4. The fourth-order valence-corrected chi connectivity index (χ4v) is 5.28. The highest BCUT2D eigenvalue weighted by Crippen LogP contribution is 2.33. The van der Waals surface area contributed by atoms with Crippen molar-refractivity contribution in [2.24, 2.45) is 0 Å². The minimum Gasteiger partial charge on any atom is -0.488 e. The molecule has 1 N–H and O–H groups in total. The number of rotatable bonds is 6. The number of hydrogen-bond acceptors (Lipinski definition) is 10. The molecule has 2 aliphatic heterocycles. The number of anilines is 3. The lowest BCUT2D eigenvalue weighted by atomic mass is 9.93. The van der Waals surface area contributed by atoms with Crippen LogP contribution in [-0.2, 0) is 9.47 Å². The van der Waals surface area contributed by atoms with E-state index < -0.39 is 5.82 Å². The summed E-state index contributed by atoms with van der Waals surface area (Å²) in [5, 5.41) is 3.31. The molecule has 6 rings (SSSR count). The first kappa shape index (κ1) is 24.1. The zero-order valence-corrected chi connectivity index (χ0v) is 20.8. The molecule has 1 aliphatic carbocycles. The van der Waals surface area contributed by atoms with Gasteiger partial charge in [-0.15, -0.1) is 0 Å². The molecule has 0 atom stereocenters. The van der Waals surface area contributed by atoms with Gasteiger partial charge < -0.3 is 29.3 Å². The molecular weight excluding hydrogens is 477 g/mol. The predicted molar refractivity (Wildman–Crippen MR) is 138 cm³/mol. The molecular formula is C26H32FN7O3. The first-order valence-electron chi connectivity index (χ1n) is 13.1. The lowest BCUT2D eigenvalue weighted by Gasteiger charge is -2.32. The van der Waals surface area contributed by atoms with Crippen molar-refractivity contribution in [3.05, 3.63) is 36.7 Å². The summed E-state index contributed by atoms with van der Waals surface area (Å²) in [7, 11) is 0. The van der Waals surface area contributed by atoms with Gasteiger partial charge in [0.05, 0.1) is 38.0 Å². The van der Waals surface area contributed by atoms with Crippen LogP contribution in [-0.4, -0.2) is 84.7 Å². The SMILES string of the molecule is Fc1c(N[C@H]2CC[C@@H](Oc3cc(N4CCOCC4)cc4nccnc34)CC2)ncnc1N1CCOCC1. The molecule has 4 heterocycles. The van der Waals surface area contributed by atoms with Crippen molar-refractivity contribution in [2.45, 2.75) is 37.8 Å². The Labute approximate surface area is 215 Å². The van der Waals surface area contributed by atoms with Crippen molar-refractivity contribution >= 4 is 28.4 Å². The molecule has 37 heavy (non-hydrogen) atoms. The van der Waals surface area contributed by atoms with Crippen molar-refractivity contribution in [3.8, 4) is 5.75 Å². The maximum Gasteiger partial charge on any atom is 0.207 e. The minimum absolute atomic E-state index is 0.0577. The second-order valence-corrected chi connectivity index (χ2v) is 9.66. The quantitative estimate of drug-likeness (QED) is 0.534. The number of benzene rings is 1. The van der Waals surface area contributed by atoms with Crippen LogP contribution in [0, 0.1) is 5.82 Å². The molecule has 1 aromatic carbocycles. The van der Waals surface area contributed by atoms with Crippen LogP contribution in [0.1, 0.15) is 25.7 Å². The third-order valence-electron chi connectivity index (χ3n) is 7.29. The third kappa shape index (κ3) is 5.37. The van der Waals surface area contributed by atoms with Gasteiger partial charge in [0.25, 0.3) is 0 Å². The maximum absolute atomic E-state index is 15.2. The average molecular weight is 510 g/mol. The monoisotopic (exact) mass is 509 g/mol. The van der Waals surface area contributed by atoms with Crippen molar-refractivity contribution in [2.75, 3.05) is 67.7 Å². The molecule has 3 fully saturated rings. The number of nitrogens with one attached hydrogen (secondary N) is 1. The van der Waals surface area contributed by atoms with E-state index in [9.17, 15) is 0 Å². The van der Waals surface area contributed by atoms with Gasteiger partial charge >= 0.3 is 0 Å². The molecule has 3 aromatic rings. The van der Waals surface area contributed by atoms with E-state index in [0.717, 1.165) is 61.2 Å². The van der Waals surface area contributed by atoms with Crippen LogP contribution >= 0.6 is 0 Å². The third-order valence-corrected chi connectivity index (χ3v) is 7.29. The molecule has 2 aromatic heterocycles. The molecule has 0 spiro atoms. The summed E-state index contributed by atoms with van der Waals surface area (Å²) in [5.74, 6) is 0.972. The molecule has 2 saturated heterocycles. The van der Waals surface area contributed by atoms with Crippen LogP contribution in [0.4, 0.5) is 21.7 Å². The van der Waals surface area contributed by atoms with E-state index in [1.807, 2.05) is 4.90 Å². The molecule has 1 saturated carbocycles. The van der Waals surface area contributed by atoms with Gasteiger partial charge in [0.15, 0.2) is 11.6 Å². The zero-order valence-electron chi connectivity index (χ0n) is 20.8. The van der Waals surface area contributed by atoms with Gasteiger partial charge in [0, 0.05) is 56.4 Å². The Morgan fingerprint density at radius 3 is 2.30 bits per heavy atom. The van der Waals surface area contributed by atoms with Crippen LogP contribution in [0.5, 0.6) is 5.75 Å². The number of morpholine rings is 2. The van der Waals surface area contributed by atoms with Gasteiger partial charge in [-0.05, 0) is 31.7 Å². The Balaban J connectivity index is 1.11. The summed E-state index contributed by atoms with van der Waals surface area (Å²) in [6, 6.07) is 4.27. The highest BCUT2D eigenvalue weighted by Gasteiger charge is 2.26. The molecule has 0 unspecified atom stereocenters. The summed E-state index contributed by atoms with van der Waals surface area (Å²) < 4.78 is 32.6. The number of nitrogens with zero attached hydrogens (tertiary/aromatic N) is 6. The van der Waals surface area contributed by atoms with Crippen molar-refractivity contribution in [3.63, 3.8) is 0 Å². The zero-order chi connectivity index (χ0) is 25.0. The molecule has 3 aliphatic rings. The fourth-order valence-electron chi connectivity index (χ4n) is 5.28. The summed E-state index contributed by atoms with van der Waals surface area (Å²) in [6.07, 6.45) is 8.31. The number of fused-ring (bicyclic) bond motifs is 1. The molecule has 11 heteroatoms. The molecule has 0 amide bonds. The Hall–Kier alpha value is -3.31. The van der Waals surface area contributed by atoms with Gasteiger partial charge in [-0.2, -0.15) is 4.39 Å². The van der Waals surface area contributed by atoms with Gasteiger partial charge in [-0.25, -0.2) is 15.0 Å². The van der Waals surface area contributed by atoms with Crippen LogP contribution in [0.2, 0.25) is 0 Å². The molecule has 196 valence electrons. The van der Waals surface area contributed by atoms with E-state index in [1.54, 1.807) is 12.4 Å². The standard InChI is InChI=1S/C26H32FN7O3/c27-23-25(30-17-31-26(23)34-9-13-36-14-10-34)32-18-1-3-20(4-2-18)37-22-16-19(33-7-11-35-12-8-33)15-21-24(22)29-6-5-28-21/h5-6,15-18,20H,1-4,7-14H2,(H,30,31,32)/t18-,20+. The average Bonchev–Trinajstić information content (AvgIpc) is 2.96. The van der Waals surface area contributed by atoms with Crippen LogP contribution in [0.25, 0.3) is 11.0 Å². The molecule has 0 bridgehead atoms. The van der Waals surface area contributed by atoms with Crippen LogP contribution < -0.4 is 19.9 Å². The maximum atomic E-state index is 15.2. The van der Waals surface area contributed by atoms with E-state index >= 15 is 4.39 Å². The van der Waals surface area contributed by atoms with E-state index in [-0.39, 0.29) is 18.0 Å². The van der Waals surface area contributed by atoms with E-state index in [0.29, 0.717) is 45.3 Å². The Bertz CT molecular complexity index is 1210. The van der Waals surface area contributed by atoms with E-state index in [1.165, 1.54) is 6.33 Å². The van der Waals surface area contributed by atoms with Crippen LogP contribution in [0.15, 0.2) is 30.9 Å². The van der Waals surface area contributed by atoms with Crippen molar-refractivity contribution in [1.82, 2.24) is 19.9 Å². The molecule has 0 radical (unpaired) electrons. The summed E-state index contributed by atoms with van der Waals surface area (Å²) in [5.41, 5.74) is 2.68. The Kier molecular flexibility index (Phi) is 7.13. The lowest BCUT2D eigenvalue weighted by molar-refractivity contribution is 0.122. The van der Waals surface area contributed by atoms with Gasteiger partial charge in [-0.3, -0.25) is 4.98 Å². The highest BCUT2D eigenvalue weighted by molar-refractivity contribution is 5.85. The normalized spacial score (nSPS) is 22.7. The second-order valence-electron chi connectivity index (χ2n) is 9.66. The van der Waals surface area contributed by atoms with Crippen molar-refractivity contribution < 1.29 is 18.6 Å². The minimum atomic E-state index is -0.396. The van der Waals surface area contributed by atoms with Gasteiger partial charge in [0.1, 0.15) is 17.6 Å². The topological polar surface area (TPSA) is 97.8 Å². The Morgan fingerprint density at radius 1 is 0.838 bits per heavy atom. The van der Waals surface area contributed by atoms with Gasteiger partial charge in [-0.1, -0.05) is 0 Å². The first-order valence-corrected chi connectivity index (χ1v) is 13.1. The highest BCUT2D eigenvalue weighted by atomic mass is 19.1. The number of ether oxygens (including phenoxy) is 3. The predicted octanol–water partition coefficient (Wildman–Crippen LogP) is 3.03. The largest absolute Gasteiger partial charge is 0.488 e. The Morgan fingerprint density at radius 2 is 1.54 bits per heavy atom. The van der Waals surface area contributed by atoms with E-state index in [4.69, 9.17) is 14.2 Å². The van der Waals surface area contributed by atoms with Gasteiger partial charge in [0.2, 0.25) is 5.82 Å². The van der Waals surface area contributed by atoms with E-state index in [2.05, 4.69) is 42.3 Å². The summed E-state index contributed by atoms with van der Waals surface area (Å²) in [4.78, 5) is 21.7. The summed E-state index contributed by atoms with van der Waals surface area (Å²) in [6.45, 7) is 5.52. The first-order chi connectivity index (χ1) is 18.2. The smallest absolute Gasteiger partial charge is 0.207 e. The number of halogens is 1. The lowest BCUT2D eigenvalue weighted by Crippen LogP contribution is -2.37. The number of hydrogen-bond donors (Lipinski definition) is 1. The van der Waals surface area contributed by atoms with Crippen LogP contribution in [0.3, 0.4) is 0 Å². The fraction of sp³-hybridized carbons (Fsp3) is 0.538.